The number of anilines is 2. The minimum absolute atomic E-state index is 0.0912. The van der Waals surface area contributed by atoms with Gasteiger partial charge in [0.25, 0.3) is 0 Å². The molecule has 1 aromatic heterocycles. The van der Waals surface area contributed by atoms with Crippen molar-refractivity contribution in [2.24, 2.45) is 0 Å². The van der Waals surface area contributed by atoms with Crippen LogP contribution in [0.1, 0.15) is 24.5 Å². The lowest BCUT2D eigenvalue weighted by atomic mass is 10.1. The standard InChI is InChI=1S/C18H21FN4O2/c19-14-7-2-1-6-13(14)16(24)12-21-18(25)22-15-8-5-9-20-17(15)23-10-3-4-11-23/h1-2,5-9,16,24H,3-4,10-12H2,(H2,21,22,25)/t16-/m0/s1. The molecule has 1 aromatic carbocycles. The predicted molar refractivity (Wildman–Crippen MR) is 94.1 cm³/mol. The molecule has 0 bridgehead atoms. The van der Waals surface area contributed by atoms with Gasteiger partial charge in [-0.15, -0.1) is 0 Å². The Morgan fingerprint density at radius 1 is 1.24 bits per heavy atom. The summed E-state index contributed by atoms with van der Waals surface area (Å²) in [6.45, 7) is 1.74. The van der Waals surface area contributed by atoms with E-state index in [1.54, 1.807) is 30.5 Å². The summed E-state index contributed by atoms with van der Waals surface area (Å²) in [6.07, 6.45) is 2.80. The topological polar surface area (TPSA) is 77.5 Å². The Morgan fingerprint density at radius 2 is 2.00 bits per heavy atom. The number of nitrogens with one attached hydrogen (secondary N) is 2. The van der Waals surface area contributed by atoms with Crippen LogP contribution in [0.5, 0.6) is 0 Å². The Balaban J connectivity index is 1.59. The normalized spacial score (nSPS) is 15.0. The number of halogens is 1. The molecule has 1 fully saturated rings. The summed E-state index contributed by atoms with van der Waals surface area (Å²) < 4.78 is 13.6. The van der Waals surface area contributed by atoms with Gasteiger partial charge in [-0.3, -0.25) is 0 Å². The SMILES string of the molecule is O=C(NC[C@H](O)c1ccccc1F)Nc1cccnc1N1CCCC1. The molecule has 0 aliphatic carbocycles. The van der Waals surface area contributed by atoms with Gasteiger partial charge < -0.3 is 20.6 Å². The highest BCUT2D eigenvalue weighted by Gasteiger charge is 2.18. The summed E-state index contributed by atoms with van der Waals surface area (Å²) in [6, 6.07) is 9.02. The molecule has 2 heterocycles. The first-order valence-electron chi connectivity index (χ1n) is 8.32. The van der Waals surface area contributed by atoms with Crippen molar-refractivity contribution in [2.75, 3.05) is 29.9 Å². The van der Waals surface area contributed by atoms with Gasteiger partial charge in [0.1, 0.15) is 5.82 Å². The lowest BCUT2D eigenvalue weighted by Gasteiger charge is -2.20. The Kier molecular flexibility index (Phi) is 5.45. The van der Waals surface area contributed by atoms with E-state index in [9.17, 15) is 14.3 Å². The van der Waals surface area contributed by atoms with E-state index in [1.165, 1.54) is 12.1 Å². The van der Waals surface area contributed by atoms with Crippen LogP contribution in [0.3, 0.4) is 0 Å². The Morgan fingerprint density at radius 3 is 2.76 bits per heavy atom. The molecule has 0 saturated carbocycles. The Bertz CT molecular complexity index is 735. The fourth-order valence-electron chi connectivity index (χ4n) is 2.89. The molecule has 0 spiro atoms. The number of carbonyl (C=O) groups is 1. The van der Waals surface area contributed by atoms with Gasteiger partial charge in [0.05, 0.1) is 11.8 Å². The van der Waals surface area contributed by atoms with E-state index >= 15 is 0 Å². The molecule has 1 atom stereocenters. The number of amides is 2. The van der Waals surface area contributed by atoms with Gasteiger partial charge in [0, 0.05) is 31.4 Å². The van der Waals surface area contributed by atoms with Crippen LogP contribution >= 0.6 is 0 Å². The maximum atomic E-state index is 13.6. The average Bonchev–Trinajstić information content (AvgIpc) is 3.15. The number of carbonyl (C=O) groups excluding carboxylic acids is 1. The van der Waals surface area contributed by atoms with E-state index in [0.717, 1.165) is 31.7 Å². The van der Waals surface area contributed by atoms with Crippen LogP contribution < -0.4 is 15.5 Å². The number of aliphatic hydroxyl groups excluding tert-OH is 1. The average molecular weight is 344 g/mol. The summed E-state index contributed by atoms with van der Waals surface area (Å²) in [5, 5.41) is 15.4. The van der Waals surface area contributed by atoms with Crippen LogP contribution in [0.15, 0.2) is 42.6 Å². The molecule has 25 heavy (non-hydrogen) atoms. The number of pyridine rings is 1. The molecule has 0 unspecified atom stereocenters. The van der Waals surface area contributed by atoms with Gasteiger partial charge in [0.15, 0.2) is 5.82 Å². The first-order chi connectivity index (χ1) is 12.1. The van der Waals surface area contributed by atoms with Crippen molar-refractivity contribution >= 4 is 17.5 Å². The summed E-state index contributed by atoms with van der Waals surface area (Å²) in [5.41, 5.74) is 0.768. The van der Waals surface area contributed by atoms with Crippen molar-refractivity contribution in [3.8, 4) is 0 Å². The number of nitrogens with zero attached hydrogens (tertiary/aromatic N) is 2. The highest BCUT2D eigenvalue weighted by Crippen LogP contribution is 2.26. The molecular formula is C18H21FN4O2. The quantitative estimate of drug-likeness (QED) is 0.779. The number of hydrogen-bond donors (Lipinski definition) is 3. The molecule has 1 aliphatic rings. The molecule has 2 aromatic rings. The number of hydrogen-bond acceptors (Lipinski definition) is 4. The molecule has 1 aliphatic heterocycles. The molecular weight excluding hydrogens is 323 g/mol. The van der Waals surface area contributed by atoms with Gasteiger partial charge in [-0.2, -0.15) is 0 Å². The highest BCUT2D eigenvalue weighted by atomic mass is 19.1. The summed E-state index contributed by atoms with van der Waals surface area (Å²) >= 11 is 0. The lowest BCUT2D eigenvalue weighted by Crippen LogP contribution is -2.33. The van der Waals surface area contributed by atoms with Gasteiger partial charge in [-0.25, -0.2) is 14.2 Å². The van der Waals surface area contributed by atoms with E-state index in [0.29, 0.717) is 5.69 Å². The van der Waals surface area contributed by atoms with Crippen molar-refractivity contribution in [3.05, 3.63) is 54.0 Å². The minimum Gasteiger partial charge on any atom is -0.386 e. The number of benzene rings is 1. The molecule has 3 N–H and O–H groups in total. The Labute approximate surface area is 145 Å². The molecule has 132 valence electrons. The molecule has 6 nitrogen and oxygen atoms in total. The van der Waals surface area contributed by atoms with E-state index in [2.05, 4.69) is 20.5 Å². The third kappa shape index (κ3) is 4.24. The minimum atomic E-state index is -1.11. The second-order valence-corrected chi connectivity index (χ2v) is 5.94. The van der Waals surface area contributed by atoms with Crippen LogP contribution in [0.25, 0.3) is 0 Å². The zero-order chi connectivity index (χ0) is 17.6. The second-order valence-electron chi connectivity index (χ2n) is 5.94. The van der Waals surface area contributed by atoms with Crippen molar-refractivity contribution < 1.29 is 14.3 Å². The zero-order valence-corrected chi connectivity index (χ0v) is 13.8. The number of urea groups is 1. The van der Waals surface area contributed by atoms with E-state index in [4.69, 9.17) is 0 Å². The van der Waals surface area contributed by atoms with Crippen LogP contribution in [0, 0.1) is 5.82 Å². The third-order valence-corrected chi connectivity index (χ3v) is 4.16. The highest BCUT2D eigenvalue weighted by molar-refractivity contribution is 5.92. The monoisotopic (exact) mass is 344 g/mol. The second kappa shape index (κ2) is 7.94. The van der Waals surface area contributed by atoms with Gasteiger partial charge in [0.2, 0.25) is 0 Å². The largest absolute Gasteiger partial charge is 0.386 e. The van der Waals surface area contributed by atoms with E-state index < -0.39 is 18.0 Å². The summed E-state index contributed by atoms with van der Waals surface area (Å²) in [4.78, 5) is 18.6. The predicted octanol–water partition coefficient (Wildman–Crippen LogP) is 2.68. The number of aliphatic hydroxyl groups is 1. The number of rotatable bonds is 5. The van der Waals surface area contributed by atoms with Crippen LogP contribution in [-0.4, -0.2) is 35.8 Å². The van der Waals surface area contributed by atoms with Gasteiger partial charge >= 0.3 is 6.03 Å². The number of aromatic nitrogens is 1. The maximum Gasteiger partial charge on any atom is 0.319 e. The van der Waals surface area contributed by atoms with Gasteiger partial charge in [-0.05, 0) is 31.0 Å². The third-order valence-electron chi connectivity index (χ3n) is 4.16. The first-order valence-corrected chi connectivity index (χ1v) is 8.32. The first kappa shape index (κ1) is 17.2. The van der Waals surface area contributed by atoms with Gasteiger partial charge in [-0.1, -0.05) is 18.2 Å². The Hall–Kier alpha value is -2.67. The van der Waals surface area contributed by atoms with E-state index in [-0.39, 0.29) is 12.1 Å². The summed E-state index contributed by atoms with van der Waals surface area (Å²) in [7, 11) is 0. The van der Waals surface area contributed by atoms with Crippen molar-refractivity contribution in [2.45, 2.75) is 18.9 Å². The molecule has 0 radical (unpaired) electrons. The van der Waals surface area contributed by atoms with Crippen molar-refractivity contribution in [1.29, 1.82) is 0 Å². The molecule has 3 rings (SSSR count). The van der Waals surface area contributed by atoms with Crippen LogP contribution in [0.4, 0.5) is 20.7 Å². The van der Waals surface area contributed by atoms with Crippen molar-refractivity contribution in [1.82, 2.24) is 10.3 Å². The van der Waals surface area contributed by atoms with Crippen LogP contribution in [0.2, 0.25) is 0 Å². The molecule has 7 heteroatoms. The fraction of sp³-hybridized carbons (Fsp3) is 0.333. The van der Waals surface area contributed by atoms with Crippen molar-refractivity contribution in [3.63, 3.8) is 0 Å². The lowest BCUT2D eigenvalue weighted by molar-refractivity contribution is 0.170. The summed E-state index contributed by atoms with van der Waals surface area (Å²) in [5.74, 6) is 0.241. The van der Waals surface area contributed by atoms with E-state index in [1.807, 2.05) is 0 Å². The molecule has 1 saturated heterocycles. The van der Waals surface area contributed by atoms with Crippen LogP contribution in [-0.2, 0) is 0 Å². The molecule has 2 amide bonds. The fourth-order valence-corrected chi connectivity index (χ4v) is 2.89. The zero-order valence-electron chi connectivity index (χ0n) is 13.8. The smallest absolute Gasteiger partial charge is 0.319 e. The maximum absolute atomic E-state index is 13.6.